The average molecular weight is 385 g/mol. The average Bonchev–Trinajstić information content (AvgIpc) is 2.36. The van der Waals surface area contributed by atoms with Crippen LogP contribution in [0, 0.1) is 23.7 Å². The van der Waals surface area contributed by atoms with Gasteiger partial charge in [-0.05, 0) is 99.8 Å². The first-order chi connectivity index (χ1) is 9.20. The van der Waals surface area contributed by atoms with Crippen LogP contribution in [0.3, 0.4) is 0 Å². The third kappa shape index (κ3) is 2.17. The summed E-state index contributed by atoms with van der Waals surface area (Å²) in [7, 11) is 0. The minimum atomic E-state index is 0.697. The Bertz CT molecular complexity index is 451. The number of rotatable bonds is 2. The Balaban J connectivity index is 1.60. The summed E-state index contributed by atoms with van der Waals surface area (Å²) in [5, 5.41) is 3.87. The molecule has 4 bridgehead atoms. The van der Waals surface area contributed by atoms with Crippen LogP contribution in [-0.2, 0) is 0 Å². The van der Waals surface area contributed by atoms with Gasteiger partial charge in [-0.15, -0.1) is 0 Å². The van der Waals surface area contributed by atoms with Crippen LogP contribution >= 0.6 is 31.9 Å². The molecule has 4 aliphatic rings. The molecule has 0 spiro atoms. The van der Waals surface area contributed by atoms with E-state index in [1.54, 1.807) is 0 Å². The molecule has 4 aliphatic carbocycles. The fourth-order valence-electron chi connectivity index (χ4n) is 4.96. The molecule has 19 heavy (non-hydrogen) atoms. The summed E-state index contributed by atoms with van der Waals surface area (Å²) in [6.45, 7) is 0. The Morgan fingerprint density at radius 3 is 1.89 bits per heavy atom. The third-order valence-electron chi connectivity index (χ3n) is 5.50. The van der Waals surface area contributed by atoms with Crippen molar-refractivity contribution in [2.75, 3.05) is 5.32 Å². The SMILES string of the molecule is Brc1cccc(Br)c1NC1C2CC3CC(C2)CC1C3. The second-order valence-corrected chi connectivity index (χ2v) is 8.41. The molecular weight excluding hydrogens is 366 g/mol. The first-order valence-corrected chi connectivity index (χ1v) is 9.00. The van der Waals surface area contributed by atoms with Gasteiger partial charge < -0.3 is 5.32 Å². The summed E-state index contributed by atoms with van der Waals surface area (Å²) >= 11 is 7.36. The van der Waals surface area contributed by atoms with Gasteiger partial charge in [-0.2, -0.15) is 0 Å². The van der Waals surface area contributed by atoms with Gasteiger partial charge in [0.25, 0.3) is 0 Å². The van der Waals surface area contributed by atoms with Crippen molar-refractivity contribution >= 4 is 37.5 Å². The van der Waals surface area contributed by atoms with Crippen molar-refractivity contribution in [1.82, 2.24) is 0 Å². The molecule has 4 fully saturated rings. The number of para-hydroxylation sites is 1. The molecule has 1 nitrogen and oxygen atoms in total. The fraction of sp³-hybridized carbons (Fsp3) is 0.625. The van der Waals surface area contributed by atoms with E-state index in [0.29, 0.717) is 6.04 Å². The number of halogens is 2. The molecule has 4 saturated carbocycles. The lowest BCUT2D eigenvalue weighted by Crippen LogP contribution is -2.51. The summed E-state index contributed by atoms with van der Waals surface area (Å²) < 4.78 is 2.35. The number of anilines is 1. The van der Waals surface area contributed by atoms with Gasteiger partial charge in [-0.25, -0.2) is 0 Å². The molecule has 1 aromatic rings. The topological polar surface area (TPSA) is 12.0 Å². The molecule has 1 N–H and O–H groups in total. The summed E-state index contributed by atoms with van der Waals surface area (Å²) in [6.07, 6.45) is 7.39. The maximum absolute atomic E-state index is 3.87. The predicted molar refractivity (Wildman–Crippen MR) is 86.3 cm³/mol. The molecule has 0 atom stereocenters. The molecule has 1 aromatic carbocycles. The lowest BCUT2D eigenvalue weighted by atomic mass is 9.54. The zero-order valence-corrected chi connectivity index (χ0v) is 14.1. The maximum atomic E-state index is 3.87. The molecule has 0 aliphatic heterocycles. The van der Waals surface area contributed by atoms with Gasteiger partial charge >= 0.3 is 0 Å². The van der Waals surface area contributed by atoms with Gasteiger partial charge in [0.15, 0.2) is 0 Å². The van der Waals surface area contributed by atoms with E-state index in [9.17, 15) is 0 Å². The second-order valence-electron chi connectivity index (χ2n) is 6.70. The summed E-state index contributed by atoms with van der Waals surface area (Å²) in [5.41, 5.74) is 1.25. The molecule has 0 unspecified atom stereocenters. The van der Waals surface area contributed by atoms with E-state index in [1.807, 2.05) is 0 Å². The maximum Gasteiger partial charge on any atom is 0.0631 e. The van der Waals surface area contributed by atoms with E-state index in [-0.39, 0.29) is 0 Å². The predicted octanol–water partition coefficient (Wildman–Crippen LogP) is 5.45. The minimum absolute atomic E-state index is 0.697. The number of hydrogen-bond donors (Lipinski definition) is 1. The first-order valence-electron chi connectivity index (χ1n) is 7.41. The molecular formula is C16H19Br2N. The third-order valence-corrected chi connectivity index (χ3v) is 6.82. The highest BCUT2D eigenvalue weighted by atomic mass is 79.9. The van der Waals surface area contributed by atoms with E-state index >= 15 is 0 Å². The van der Waals surface area contributed by atoms with Gasteiger partial charge in [0, 0.05) is 15.0 Å². The van der Waals surface area contributed by atoms with Crippen LogP contribution in [-0.4, -0.2) is 6.04 Å². The number of nitrogens with one attached hydrogen (secondary N) is 1. The van der Waals surface area contributed by atoms with Crippen LogP contribution in [0.15, 0.2) is 27.1 Å². The van der Waals surface area contributed by atoms with E-state index in [1.165, 1.54) is 46.7 Å². The Kier molecular flexibility index (Phi) is 3.19. The molecule has 0 amide bonds. The van der Waals surface area contributed by atoms with Gasteiger partial charge in [0.1, 0.15) is 0 Å². The van der Waals surface area contributed by atoms with E-state index < -0.39 is 0 Å². The van der Waals surface area contributed by atoms with Gasteiger partial charge in [-0.1, -0.05) is 6.07 Å². The smallest absolute Gasteiger partial charge is 0.0631 e. The van der Waals surface area contributed by atoms with Crippen molar-refractivity contribution in [2.24, 2.45) is 23.7 Å². The summed E-state index contributed by atoms with van der Waals surface area (Å²) in [4.78, 5) is 0. The quantitative estimate of drug-likeness (QED) is 0.714. The largest absolute Gasteiger partial charge is 0.380 e. The highest BCUT2D eigenvalue weighted by Crippen LogP contribution is 2.54. The van der Waals surface area contributed by atoms with Crippen molar-refractivity contribution in [2.45, 2.75) is 38.1 Å². The molecule has 0 heterocycles. The lowest BCUT2D eigenvalue weighted by molar-refractivity contribution is 0.00750. The van der Waals surface area contributed by atoms with Crippen LogP contribution in [0.4, 0.5) is 5.69 Å². The van der Waals surface area contributed by atoms with Gasteiger partial charge in [-0.3, -0.25) is 0 Å². The Morgan fingerprint density at radius 1 is 0.842 bits per heavy atom. The molecule has 0 radical (unpaired) electrons. The van der Waals surface area contributed by atoms with Crippen molar-refractivity contribution < 1.29 is 0 Å². The van der Waals surface area contributed by atoms with Crippen LogP contribution in [0.5, 0.6) is 0 Å². The van der Waals surface area contributed by atoms with Crippen LogP contribution in [0.1, 0.15) is 32.1 Å². The fourth-order valence-corrected chi connectivity index (χ4v) is 6.19. The normalized spacial score (nSPS) is 39.6. The van der Waals surface area contributed by atoms with Crippen LogP contribution in [0.2, 0.25) is 0 Å². The second kappa shape index (κ2) is 4.77. The highest BCUT2D eigenvalue weighted by molar-refractivity contribution is 9.11. The lowest BCUT2D eigenvalue weighted by Gasteiger charge is -2.54. The van der Waals surface area contributed by atoms with E-state index in [2.05, 4.69) is 55.4 Å². The first kappa shape index (κ1) is 12.7. The van der Waals surface area contributed by atoms with Gasteiger partial charge in [0.05, 0.1) is 5.69 Å². The molecule has 3 heteroatoms. The molecule has 5 rings (SSSR count). The van der Waals surface area contributed by atoms with Crippen LogP contribution in [0.25, 0.3) is 0 Å². The van der Waals surface area contributed by atoms with Crippen molar-refractivity contribution in [3.8, 4) is 0 Å². The zero-order chi connectivity index (χ0) is 13.0. The van der Waals surface area contributed by atoms with E-state index in [0.717, 1.165) is 23.7 Å². The molecule has 0 aromatic heterocycles. The summed E-state index contributed by atoms with van der Waals surface area (Å²) in [5.74, 6) is 3.91. The van der Waals surface area contributed by atoms with E-state index in [4.69, 9.17) is 0 Å². The standard InChI is InChI=1S/C16H19Br2N/c17-13-2-1-3-14(18)16(13)19-15-11-5-9-4-10(7-11)8-12(15)6-9/h1-3,9-12,15,19H,4-8H2. The summed E-state index contributed by atoms with van der Waals surface area (Å²) in [6, 6.07) is 7.03. The minimum Gasteiger partial charge on any atom is -0.380 e. The van der Waals surface area contributed by atoms with Crippen LogP contribution < -0.4 is 5.32 Å². The highest BCUT2D eigenvalue weighted by Gasteiger charge is 2.48. The number of hydrogen-bond acceptors (Lipinski definition) is 1. The molecule has 0 saturated heterocycles. The Labute approximate surface area is 131 Å². The molecule has 102 valence electrons. The zero-order valence-electron chi connectivity index (χ0n) is 10.9. The Hall–Kier alpha value is -0.0200. The van der Waals surface area contributed by atoms with Gasteiger partial charge in [0.2, 0.25) is 0 Å². The van der Waals surface area contributed by atoms with Crippen molar-refractivity contribution in [1.29, 1.82) is 0 Å². The van der Waals surface area contributed by atoms with Crippen molar-refractivity contribution in [3.05, 3.63) is 27.1 Å². The van der Waals surface area contributed by atoms with Crippen molar-refractivity contribution in [3.63, 3.8) is 0 Å². The number of benzene rings is 1. The monoisotopic (exact) mass is 383 g/mol. The Morgan fingerprint density at radius 2 is 1.37 bits per heavy atom.